The molecule has 2 rings (SSSR count). The number of fused-ring (bicyclic) bond motifs is 1. The quantitative estimate of drug-likeness (QED) is 0.362. The lowest BCUT2D eigenvalue weighted by Crippen LogP contribution is -2.25. The number of aliphatic carboxylic acids is 1. The molecule has 0 aliphatic rings. The third-order valence-electron chi connectivity index (χ3n) is 3.22. The van der Waals surface area contributed by atoms with E-state index in [1.165, 1.54) is 12.1 Å². The van der Waals surface area contributed by atoms with E-state index in [0.717, 1.165) is 0 Å². The Morgan fingerprint density at radius 3 is 2.75 bits per heavy atom. The average Bonchev–Trinajstić information content (AvgIpc) is 2.80. The molecule has 0 bridgehead atoms. The van der Waals surface area contributed by atoms with Crippen molar-refractivity contribution in [1.82, 2.24) is 4.98 Å². The van der Waals surface area contributed by atoms with E-state index in [4.69, 9.17) is 16.6 Å². The molecule has 0 aliphatic heterocycles. The van der Waals surface area contributed by atoms with Crippen LogP contribution in [0.3, 0.4) is 0 Å². The fraction of sp³-hybridized carbons (Fsp3) is 0.250. The van der Waals surface area contributed by atoms with Crippen molar-refractivity contribution in [3.05, 3.63) is 34.0 Å². The summed E-state index contributed by atoms with van der Waals surface area (Å²) in [5.74, 6) is -1.77. The Bertz CT molecular complexity index is 679. The van der Waals surface area contributed by atoms with Gasteiger partial charge < -0.3 is 21.6 Å². The summed E-state index contributed by atoms with van der Waals surface area (Å²) in [6, 6.07) is 2.76. The van der Waals surface area contributed by atoms with E-state index in [-0.39, 0.29) is 18.7 Å². The number of nitrogen functional groups attached to an aromatic ring is 1. The molecule has 20 heavy (non-hydrogen) atoms. The molecule has 1 unspecified atom stereocenters. The molecule has 8 nitrogen and oxygen atoms in total. The number of aromatic amines is 1. The van der Waals surface area contributed by atoms with Crippen LogP contribution in [-0.2, 0) is 11.2 Å². The maximum atomic E-state index is 11.0. The molecule has 0 saturated carbocycles. The van der Waals surface area contributed by atoms with Crippen molar-refractivity contribution in [3.63, 3.8) is 0 Å². The topological polar surface area (TPSA) is 148 Å². The molecule has 8 heteroatoms. The summed E-state index contributed by atoms with van der Waals surface area (Å²) in [6.45, 7) is -0.0170. The number of benzene rings is 1. The van der Waals surface area contributed by atoms with Gasteiger partial charge in [-0.05, 0) is 18.1 Å². The van der Waals surface area contributed by atoms with Gasteiger partial charge >= 0.3 is 5.97 Å². The minimum absolute atomic E-state index is 0.0170. The largest absolute Gasteiger partial charge is 0.481 e. The van der Waals surface area contributed by atoms with Crippen LogP contribution in [-0.4, -0.2) is 27.5 Å². The number of nitrogens with zero attached hydrogens (tertiary/aromatic N) is 1. The summed E-state index contributed by atoms with van der Waals surface area (Å²) in [7, 11) is 0. The van der Waals surface area contributed by atoms with Crippen molar-refractivity contribution in [2.24, 2.45) is 11.7 Å². The van der Waals surface area contributed by atoms with Gasteiger partial charge in [0.05, 0.1) is 10.8 Å². The van der Waals surface area contributed by atoms with Crippen molar-refractivity contribution in [3.8, 4) is 0 Å². The number of hydrogen-bond acceptors (Lipinski definition) is 5. The van der Waals surface area contributed by atoms with Crippen LogP contribution in [0.5, 0.6) is 0 Å². The zero-order valence-corrected chi connectivity index (χ0v) is 10.5. The number of nitrogens with two attached hydrogens (primary N) is 2. The lowest BCUT2D eigenvalue weighted by molar-refractivity contribution is -0.383. The lowest BCUT2D eigenvalue weighted by Gasteiger charge is -2.09. The second kappa shape index (κ2) is 5.17. The van der Waals surface area contributed by atoms with Crippen molar-refractivity contribution < 1.29 is 14.8 Å². The number of carboxylic acids is 1. The summed E-state index contributed by atoms with van der Waals surface area (Å²) in [6.07, 6.45) is 1.71. The molecular formula is C12H14N4O4. The van der Waals surface area contributed by atoms with Gasteiger partial charge in [-0.1, -0.05) is 0 Å². The van der Waals surface area contributed by atoms with Crippen LogP contribution < -0.4 is 11.5 Å². The highest BCUT2D eigenvalue weighted by molar-refractivity contribution is 5.99. The number of nitrogens with one attached hydrogen (secondary N) is 1. The van der Waals surface area contributed by atoms with Crippen LogP contribution in [0.25, 0.3) is 10.9 Å². The van der Waals surface area contributed by atoms with Crippen LogP contribution >= 0.6 is 0 Å². The molecule has 1 atom stereocenters. The maximum absolute atomic E-state index is 11.0. The van der Waals surface area contributed by atoms with Crippen LogP contribution in [0.1, 0.15) is 5.56 Å². The second-order valence-corrected chi connectivity index (χ2v) is 4.47. The minimum atomic E-state index is -1.01. The molecule has 1 heterocycles. The first kappa shape index (κ1) is 13.8. The molecule has 6 N–H and O–H groups in total. The molecule has 2 aromatic rings. The Kier molecular flexibility index (Phi) is 3.57. The number of nitro groups is 1. The highest BCUT2D eigenvalue weighted by Gasteiger charge is 2.22. The maximum Gasteiger partial charge on any atom is 0.308 e. The van der Waals surface area contributed by atoms with Crippen LogP contribution in [0, 0.1) is 16.0 Å². The Hall–Kier alpha value is -2.61. The summed E-state index contributed by atoms with van der Waals surface area (Å²) >= 11 is 0. The SMILES string of the molecule is NCC(Cc1c[nH]c2c([N+](=O)[O-])ccc(N)c12)C(=O)O. The van der Waals surface area contributed by atoms with Crippen molar-refractivity contribution in [2.45, 2.75) is 6.42 Å². The highest BCUT2D eigenvalue weighted by atomic mass is 16.6. The zero-order chi connectivity index (χ0) is 14.9. The first-order chi connectivity index (χ1) is 9.45. The number of carbonyl (C=O) groups is 1. The Morgan fingerprint density at radius 2 is 2.20 bits per heavy atom. The molecule has 106 valence electrons. The summed E-state index contributed by atoms with van der Waals surface area (Å²) in [5.41, 5.74) is 12.4. The van der Waals surface area contributed by atoms with E-state index < -0.39 is 16.8 Å². The first-order valence-electron chi connectivity index (χ1n) is 5.91. The van der Waals surface area contributed by atoms with Crippen molar-refractivity contribution >= 4 is 28.2 Å². The molecule has 1 aromatic heterocycles. The molecule has 0 fully saturated rings. The van der Waals surface area contributed by atoms with Gasteiger partial charge in [0.15, 0.2) is 0 Å². The van der Waals surface area contributed by atoms with Gasteiger partial charge in [0.2, 0.25) is 0 Å². The molecule has 0 saturated heterocycles. The lowest BCUT2D eigenvalue weighted by atomic mass is 9.98. The third-order valence-corrected chi connectivity index (χ3v) is 3.22. The molecule has 0 spiro atoms. The van der Waals surface area contributed by atoms with Gasteiger partial charge in [0.1, 0.15) is 5.52 Å². The average molecular weight is 278 g/mol. The summed E-state index contributed by atoms with van der Waals surface area (Å²) in [5, 5.41) is 20.5. The van der Waals surface area contributed by atoms with E-state index >= 15 is 0 Å². The zero-order valence-electron chi connectivity index (χ0n) is 10.5. The number of anilines is 1. The number of aromatic nitrogens is 1. The van der Waals surface area contributed by atoms with Gasteiger partial charge in [0, 0.05) is 29.9 Å². The molecular weight excluding hydrogens is 264 g/mol. The number of hydrogen-bond donors (Lipinski definition) is 4. The van der Waals surface area contributed by atoms with Crippen LogP contribution in [0.4, 0.5) is 11.4 Å². The summed E-state index contributed by atoms with van der Waals surface area (Å²) in [4.78, 5) is 24.3. The van der Waals surface area contributed by atoms with Crippen LogP contribution in [0.15, 0.2) is 18.3 Å². The summed E-state index contributed by atoms with van der Waals surface area (Å²) < 4.78 is 0. The smallest absolute Gasteiger partial charge is 0.308 e. The van der Waals surface area contributed by atoms with Gasteiger partial charge in [-0.3, -0.25) is 14.9 Å². The van der Waals surface area contributed by atoms with Crippen LogP contribution in [0.2, 0.25) is 0 Å². The van der Waals surface area contributed by atoms with Gasteiger partial charge in [-0.2, -0.15) is 0 Å². The van der Waals surface area contributed by atoms with E-state index in [0.29, 0.717) is 22.2 Å². The minimum Gasteiger partial charge on any atom is -0.481 e. The Morgan fingerprint density at radius 1 is 1.50 bits per heavy atom. The fourth-order valence-electron chi connectivity index (χ4n) is 2.18. The standard InChI is InChI=1S/C12H14N4O4/c13-4-6(12(17)18)3-7-5-15-11-9(16(19)20)2-1-8(14)10(7)11/h1-2,5-6,15H,3-4,13-14H2,(H,17,18). The van der Waals surface area contributed by atoms with Crippen molar-refractivity contribution in [1.29, 1.82) is 0 Å². The fourth-order valence-corrected chi connectivity index (χ4v) is 2.18. The highest BCUT2D eigenvalue weighted by Crippen LogP contribution is 2.32. The number of nitro benzene ring substituents is 1. The molecule has 0 radical (unpaired) electrons. The monoisotopic (exact) mass is 278 g/mol. The second-order valence-electron chi connectivity index (χ2n) is 4.47. The number of carboxylic acid groups (broad SMARTS) is 1. The first-order valence-corrected chi connectivity index (χ1v) is 5.91. The number of rotatable bonds is 5. The number of non-ortho nitro benzene ring substituents is 1. The number of H-pyrrole nitrogens is 1. The van der Waals surface area contributed by atoms with Gasteiger partial charge in [-0.15, -0.1) is 0 Å². The normalized spacial score (nSPS) is 12.4. The van der Waals surface area contributed by atoms with E-state index in [2.05, 4.69) is 4.98 Å². The van der Waals surface area contributed by atoms with E-state index in [1.54, 1.807) is 6.20 Å². The Labute approximate surface area is 113 Å². The molecule has 1 aromatic carbocycles. The molecule has 0 amide bonds. The van der Waals surface area contributed by atoms with E-state index in [1.807, 2.05) is 0 Å². The van der Waals surface area contributed by atoms with Gasteiger partial charge in [0.25, 0.3) is 5.69 Å². The Balaban J connectivity index is 2.53. The van der Waals surface area contributed by atoms with E-state index in [9.17, 15) is 14.9 Å². The van der Waals surface area contributed by atoms with Gasteiger partial charge in [-0.25, -0.2) is 0 Å². The van der Waals surface area contributed by atoms with Crippen molar-refractivity contribution in [2.75, 3.05) is 12.3 Å². The predicted molar refractivity (Wildman–Crippen MR) is 73.2 cm³/mol. The third kappa shape index (κ3) is 2.28. The predicted octanol–water partition coefficient (Wildman–Crippen LogP) is 0.860. The molecule has 0 aliphatic carbocycles.